The maximum atomic E-state index is 2.55. The molecular weight excluding hydrogens is 659 g/mol. The Morgan fingerprint density at radius 3 is 1.72 bits per heavy atom. The van der Waals surface area contributed by atoms with Gasteiger partial charge in [0.05, 0.1) is 11.4 Å². The number of rotatable bonds is 6. The normalized spacial score (nSPS) is 12.9. The fraction of sp³-hybridized carbons (Fsp3) is 0.0588. The number of fused-ring (bicyclic) bond motifs is 6. The summed E-state index contributed by atoms with van der Waals surface area (Å²) in [6, 6.07) is 69.2. The third-order valence-corrected chi connectivity index (χ3v) is 12.2. The third kappa shape index (κ3) is 5.05. The van der Waals surface area contributed by atoms with Crippen molar-refractivity contribution in [1.82, 2.24) is 0 Å². The highest BCUT2D eigenvalue weighted by molar-refractivity contribution is 7.25. The van der Waals surface area contributed by atoms with Crippen LogP contribution in [0.3, 0.4) is 0 Å². The molecule has 0 spiro atoms. The minimum absolute atomic E-state index is 0.129. The van der Waals surface area contributed by atoms with Crippen molar-refractivity contribution >= 4 is 48.6 Å². The Morgan fingerprint density at radius 1 is 0.396 bits per heavy atom. The molecule has 9 aromatic rings. The zero-order chi connectivity index (χ0) is 35.5. The standard InChI is InChI=1S/C51H37NS/c1-51(2)43-26-13-11-24-41(43)50-44(51)27-16-29-46(50)52(36-31-32-48-42(33-36)39-22-12-14-30-47(39)53-48)45-28-15-25-38(35-19-7-4-8-20-35)49(45)40-23-10-9-21-37(40)34-17-5-3-6-18-34/h3-33H,1-2H3. The second kappa shape index (κ2) is 12.5. The van der Waals surface area contributed by atoms with E-state index in [4.69, 9.17) is 0 Å². The average Bonchev–Trinajstić information content (AvgIpc) is 3.70. The van der Waals surface area contributed by atoms with Gasteiger partial charge in [-0.25, -0.2) is 0 Å². The molecule has 0 aliphatic heterocycles. The van der Waals surface area contributed by atoms with Crippen LogP contribution in [0.5, 0.6) is 0 Å². The summed E-state index contributed by atoms with van der Waals surface area (Å²) in [6.07, 6.45) is 0. The lowest BCUT2D eigenvalue weighted by molar-refractivity contribution is 0.660. The molecule has 1 heterocycles. The number of hydrogen-bond acceptors (Lipinski definition) is 2. The zero-order valence-corrected chi connectivity index (χ0v) is 30.6. The molecule has 0 radical (unpaired) electrons. The van der Waals surface area contributed by atoms with Gasteiger partial charge in [-0.05, 0) is 80.9 Å². The van der Waals surface area contributed by atoms with Crippen LogP contribution in [0, 0.1) is 0 Å². The first kappa shape index (κ1) is 31.5. The van der Waals surface area contributed by atoms with Crippen LogP contribution in [0.15, 0.2) is 188 Å². The molecule has 0 amide bonds. The van der Waals surface area contributed by atoms with Crippen molar-refractivity contribution in [3.63, 3.8) is 0 Å². The number of benzene rings is 8. The van der Waals surface area contributed by atoms with E-state index < -0.39 is 0 Å². The average molecular weight is 696 g/mol. The van der Waals surface area contributed by atoms with Crippen LogP contribution in [0.2, 0.25) is 0 Å². The van der Waals surface area contributed by atoms with Crippen molar-refractivity contribution in [2.45, 2.75) is 19.3 Å². The Morgan fingerprint density at radius 2 is 0.943 bits per heavy atom. The molecule has 1 aromatic heterocycles. The summed E-state index contributed by atoms with van der Waals surface area (Å²) >= 11 is 1.87. The topological polar surface area (TPSA) is 3.24 Å². The Kier molecular flexibility index (Phi) is 7.42. The molecule has 1 nitrogen and oxygen atoms in total. The minimum Gasteiger partial charge on any atom is -0.309 e. The van der Waals surface area contributed by atoms with Crippen LogP contribution in [-0.2, 0) is 5.41 Å². The molecule has 53 heavy (non-hydrogen) atoms. The minimum atomic E-state index is -0.129. The van der Waals surface area contributed by atoms with Gasteiger partial charge in [-0.3, -0.25) is 0 Å². The highest BCUT2D eigenvalue weighted by Crippen LogP contribution is 2.56. The number of hydrogen-bond donors (Lipinski definition) is 0. The predicted molar refractivity (Wildman–Crippen MR) is 228 cm³/mol. The molecule has 0 fully saturated rings. The van der Waals surface area contributed by atoms with Crippen molar-refractivity contribution in [3.05, 3.63) is 199 Å². The Bertz CT molecular complexity index is 2810. The molecule has 10 rings (SSSR count). The smallest absolute Gasteiger partial charge is 0.0546 e. The van der Waals surface area contributed by atoms with Crippen LogP contribution in [0.4, 0.5) is 17.1 Å². The SMILES string of the molecule is CC1(C)c2ccccc2-c2c(N(c3ccc4sc5ccccc5c4c3)c3cccc(-c4ccccc4)c3-c3ccccc3-c3ccccc3)cccc21. The first-order chi connectivity index (χ1) is 26.1. The van der Waals surface area contributed by atoms with E-state index in [9.17, 15) is 0 Å². The molecule has 0 N–H and O–H groups in total. The molecule has 2 heteroatoms. The summed E-state index contributed by atoms with van der Waals surface area (Å²) in [6.45, 7) is 4.74. The van der Waals surface area contributed by atoms with Gasteiger partial charge >= 0.3 is 0 Å². The van der Waals surface area contributed by atoms with Crippen molar-refractivity contribution in [3.8, 4) is 44.5 Å². The van der Waals surface area contributed by atoms with Gasteiger partial charge in [0.15, 0.2) is 0 Å². The zero-order valence-electron chi connectivity index (χ0n) is 29.8. The lowest BCUT2D eigenvalue weighted by Gasteiger charge is -2.32. The molecule has 0 bridgehead atoms. The van der Waals surface area contributed by atoms with E-state index in [1.165, 1.54) is 81.5 Å². The van der Waals surface area contributed by atoms with Crippen molar-refractivity contribution in [2.24, 2.45) is 0 Å². The molecule has 1 aliphatic rings. The van der Waals surface area contributed by atoms with Crippen molar-refractivity contribution in [1.29, 1.82) is 0 Å². The fourth-order valence-corrected chi connectivity index (χ4v) is 9.71. The molecule has 0 saturated carbocycles. The molecule has 252 valence electrons. The third-order valence-electron chi connectivity index (χ3n) is 11.1. The van der Waals surface area contributed by atoms with E-state index in [2.05, 4.69) is 207 Å². The van der Waals surface area contributed by atoms with E-state index >= 15 is 0 Å². The Hall–Kier alpha value is -6.22. The van der Waals surface area contributed by atoms with Crippen molar-refractivity contribution < 1.29 is 0 Å². The van der Waals surface area contributed by atoms with Crippen LogP contribution >= 0.6 is 11.3 Å². The molecular formula is C51H37NS. The summed E-state index contributed by atoms with van der Waals surface area (Å²) in [7, 11) is 0. The maximum Gasteiger partial charge on any atom is 0.0546 e. The highest BCUT2D eigenvalue weighted by atomic mass is 32.1. The van der Waals surface area contributed by atoms with E-state index in [0.29, 0.717) is 0 Å². The van der Waals surface area contributed by atoms with Gasteiger partial charge in [-0.15, -0.1) is 11.3 Å². The lowest BCUT2D eigenvalue weighted by atomic mass is 9.82. The van der Waals surface area contributed by atoms with E-state index in [1.807, 2.05) is 11.3 Å². The number of nitrogens with zero attached hydrogens (tertiary/aromatic N) is 1. The van der Waals surface area contributed by atoms with E-state index in [-0.39, 0.29) is 5.41 Å². The van der Waals surface area contributed by atoms with Gasteiger partial charge in [0.2, 0.25) is 0 Å². The first-order valence-electron chi connectivity index (χ1n) is 18.4. The molecule has 8 aromatic carbocycles. The summed E-state index contributed by atoms with van der Waals surface area (Å²) in [4.78, 5) is 2.55. The molecule has 0 atom stereocenters. The van der Waals surface area contributed by atoms with E-state index in [0.717, 1.165) is 11.4 Å². The Labute approximate surface area is 315 Å². The Balaban J connectivity index is 1.33. The van der Waals surface area contributed by atoms with Crippen molar-refractivity contribution in [2.75, 3.05) is 4.90 Å². The second-order valence-electron chi connectivity index (χ2n) is 14.5. The highest BCUT2D eigenvalue weighted by Gasteiger charge is 2.38. The number of anilines is 3. The summed E-state index contributed by atoms with van der Waals surface area (Å²) in [5.74, 6) is 0. The van der Waals surface area contributed by atoms with Crippen LogP contribution in [0.25, 0.3) is 64.7 Å². The lowest BCUT2D eigenvalue weighted by Crippen LogP contribution is -2.16. The van der Waals surface area contributed by atoms with Gasteiger partial charge in [0.25, 0.3) is 0 Å². The summed E-state index contributed by atoms with van der Waals surface area (Å²) in [5.41, 5.74) is 15.9. The number of thiophene rings is 1. The van der Waals surface area contributed by atoms with Crippen LogP contribution in [-0.4, -0.2) is 0 Å². The van der Waals surface area contributed by atoms with Crippen LogP contribution < -0.4 is 4.90 Å². The fourth-order valence-electron chi connectivity index (χ4n) is 8.62. The van der Waals surface area contributed by atoms with Crippen LogP contribution in [0.1, 0.15) is 25.0 Å². The molecule has 1 aliphatic carbocycles. The summed E-state index contributed by atoms with van der Waals surface area (Å²) in [5, 5.41) is 2.58. The van der Waals surface area contributed by atoms with Gasteiger partial charge in [0, 0.05) is 42.4 Å². The predicted octanol–water partition coefficient (Wildman–Crippen LogP) is 14.8. The summed E-state index contributed by atoms with van der Waals surface area (Å²) < 4.78 is 2.61. The van der Waals surface area contributed by atoms with Gasteiger partial charge in [-0.1, -0.05) is 166 Å². The maximum absolute atomic E-state index is 2.55. The van der Waals surface area contributed by atoms with Gasteiger partial charge in [-0.2, -0.15) is 0 Å². The monoisotopic (exact) mass is 695 g/mol. The van der Waals surface area contributed by atoms with Gasteiger partial charge < -0.3 is 4.90 Å². The van der Waals surface area contributed by atoms with E-state index in [1.54, 1.807) is 0 Å². The molecule has 0 unspecified atom stereocenters. The molecule has 0 saturated heterocycles. The largest absolute Gasteiger partial charge is 0.309 e. The van der Waals surface area contributed by atoms with Gasteiger partial charge in [0.1, 0.15) is 0 Å². The first-order valence-corrected chi connectivity index (χ1v) is 19.2. The quantitative estimate of drug-likeness (QED) is 0.167. The second-order valence-corrected chi connectivity index (χ2v) is 15.5.